The van der Waals surface area contributed by atoms with Crippen molar-refractivity contribution < 1.29 is 19.4 Å². The number of aromatic carboxylic acids is 1. The molecule has 0 fully saturated rings. The normalized spacial score (nSPS) is 9.33. The minimum Gasteiger partial charge on any atom is -0.477 e. The molecule has 0 aliphatic rings. The first-order chi connectivity index (χ1) is 7.15. The molecule has 0 aliphatic carbocycles. The van der Waals surface area contributed by atoms with Gasteiger partial charge >= 0.3 is 12.1 Å². The first-order valence-electron chi connectivity index (χ1n) is 4.00. The molecule has 0 unspecified atom stereocenters. The summed E-state index contributed by atoms with van der Waals surface area (Å²) in [5, 5.41) is 12.6. The molecule has 0 bridgehead atoms. The van der Waals surface area contributed by atoms with Crippen molar-refractivity contribution >= 4 is 29.1 Å². The van der Waals surface area contributed by atoms with Crippen molar-refractivity contribution in [3.05, 3.63) is 29.0 Å². The number of carboxylic acid groups (broad SMARTS) is 1. The number of carbonyl (C=O) groups is 2. The number of amides is 1. The van der Waals surface area contributed by atoms with E-state index in [1.165, 1.54) is 12.1 Å². The maximum atomic E-state index is 11.1. The molecule has 0 aromatic carbocycles. The Balaban J connectivity index is 2.64. The molecule has 1 heterocycles. The summed E-state index contributed by atoms with van der Waals surface area (Å²) in [7, 11) is 0. The average Bonchev–Trinajstić information content (AvgIpc) is 2.62. The number of hydrogen-bond donors (Lipinski definition) is 2. The van der Waals surface area contributed by atoms with Crippen LogP contribution in [0, 0.1) is 0 Å². The average molecular weight is 227 g/mol. The molecule has 80 valence electrons. The van der Waals surface area contributed by atoms with Crippen LogP contribution < -0.4 is 5.32 Å². The minimum absolute atomic E-state index is 0.0746. The van der Waals surface area contributed by atoms with E-state index in [-0.39, 0.29) is 17.2 Å². The molecular formula is C9H9NO4S. The number of carbonyl (C=O) groups excluding carboxylic acids is 1. The van der Waals surface area contributed by atoms with Gasteiger partial charge in [0.1, 0.15) is 11.5 Å². The molecule has 15 heavy (non-hydrogen) atoms. The molecular weight excluding hydrogens is 218 g/mol. The van der Waals surface area contributed by atoms with E-state index in [4.69, 9.17) is 5.11 Å². The molecule has 0 spiro atoms. The topological polar surface area (TPSA) is 75.6 Å². The van der Waals surface area contributed by atoms with Crippen molar-refractivity contribution in [1.29, 1.82) is 0 Å². The van der Waals surface area contributed by atoms with Gasteiger partial charge in [-0.1, -0.05) is 12.7 Å². The van der Waals surface area contributed by atoms with Gasteiger partial charge in [-0.3, -0.25) is 5.32 Å². The zero-order valence-electron chi connectivity index (χ0n) is 7.73. The van der Waals surface area contributed by atoms with E-state index in [0.29, 0.717) is 0 Å². The molecule has 1 rings (SSSR count). The van der Waals surface area contributed by atoms with Crippen LogP contribution in [0.15, 0.2) is 24.1 Å². The van der Waals surface area contributed by atoms with Crippen LogP contribution in [0.4, 0.5) is 10.5 Å². The van der Waals surface area contributed by atoms with E-state index >= 15 is 0 Å². The fourth-order valence-corrected chi connectivity index (χ4v) is 1.54. The quantitative estimate of drug-likeness (QED) is 0.773. The highest BCUT2D eigenvalue weighted by atomic mass is 32.1. The lowest BCUT2D eigenvalue weighted by atomic mass is 10.4. The monoisotopic (exact) mass is 227 g/mol. The van der Waals surface area contributed by atoms with Crippen LogP contribution in [-0.4, -0.2) is 23.8 Å². The van der Waals surface area contributed by atoms with Crippen LogP contribution in [0.1, 0.15) is 9.67 Å². The Kier molecular flexibility index (Phi) is 3.87. The molecule has 0 saturated carbocycles. The van der Waals surface area contributed by atoms with Crippen LogP contribution in [0.3, 0.4) is 0 Å². The second-order valence-corrected chi connectivity index (χ2v) is 3.40. The Bertz CT molecular complexity index is 385. The number of thiophene rings is 1. The van der Waals surface area contributed by atoms with Gasteiger partial charge in [-0.25, -0.2) is 9.59 Å². The summed E-state index contributed by atoms with van der Waals surface area (Å²) in [5.41, 5.74) is 0.238. The summed E-state index contributed by atoms with van der Waals surface area (Å²) in [6.45, 7) is 3.46. The van der Waals surface area contributed by atoms with Crippen LogP contribution in [0.25, 0.3) is 0 Å². The van der Waals surface area contributed by atoms with Crippen molar-refractivity contribution in [2.75, 3.05) is 11.9 Å². The summed E-state index contributed by atoms with van der Waals surface area (Å²) in [4.78, 5) is 21.8. The fourth-order valence-electron chi connectivity index (χ4n) is 0.854. The third-order valence-electron chi connectivity index (χ3n) is 1.43. The van der Waals surface area contributed by atoms with Crippen LogP contribution in [0.5, 0.6) is 0 Å². The number of anilines is 1. The van der Waals surface area contributed by atoms with Gasteiger partial charge < -0.3 is 9.84 Å². The lowest BCUT2D eigenvalue weighted by Crippen LogP contribution is -2.14. The fraction of sp³-hybridized carbons (Fsp3) is 0.111. The third kappa shape index (κ3) is 3.10. The lowest BCUT2D eigenvalue weighted by molar-refractivity contribution is 0.0703. The highest BCUT2D eigenvalue weighted by Crippen LogP contribution is 2.22. The number of hydrogen-bond acceptors (Lipinski definition) is 4. The van der Waals surface area contributed by atoms with E-state index in [2.05, 4.69) is 16.6 Å². The molecule has 1 aromatic heterocycles. The molecule has 2 N–H and O–H groups in total. The van der Waals surface area contributed by atoms with Crippen molar-refractivity contribution in [1.82, 2.24) is 0 Å². The standard InChI is InChI=1S/C9H9NO4S/c1-2-4-14-9(13)10-6-3-5-15-7(6)8(11)12/h2-3,5H,1,4H2,(H,10,13)(H,11,12). The molecule has 1 amide bonds. The number of ether oxygens (including phenoxy) is 1. The third-order valence-corrected chi connectivity index (χ3v) is 2.33. The van der Waals surface area contributed by atoms with Gasteiger partial charge in [0.05, 0.1) is 5.69 Å². The second kappa shape index (κ2) is 5.16. The van der Waals surface area contributed by atoms with Crippen molar-refractivity contribution in [2.45, 2.75) is 0 Å². The van der Waals surface area contributed by atoms with Gasteiger partial charge in [0.15, 0.2) is 0 Å². The van der Waals surface area contributed by atoms with Gasteiger partial charge in [-0.15, -0.1) is 11.3 Å². The van der Waals surface area contributed by atoms with Crippen molar-refractivity contribution in [3.63, 3.8) is 0 Å². The van der Waals surface area contributed by atoms with Gasteiger partial charge in [0, 0.05) is 0 Å². The Morgan fingerprint density at radius 2 is 2.40 bits per heavy atom. The number of carboxylic acids is 1. The lowest BCUT2D eigenvalue weighted by Gasteiger charge is -2.03. The van der Waals surface area contributed by atoms with Crippen molar-refractivity contribution in [2.24, 2.45) is 0 Å². The summed E-state index contributed by atoms with van der Waals surface area (Å²) < 4.78 is 4.64. The molecule has 0 radical (unpaired) electrons. The van der Waals surface area contributed by atoms with Gasteiger partial charge in [0.2, 0.25) is 0 Å². The zero-order valence-corrected chi connectivity index (χ0v) is 8.54. The Morgan fingerprint density at radius 3 is 3.00 bits per heavy atom. The molecule has 6 heteroatoms. The minimum atomic E-state index is -1.08. The summed E-state index contributed by atoms with van der Waals surface area (Å²) in [5.74, 6) is -1.08. The van der Waals surface area contributed by atoms with Crippen LogP contribution in [0.2, 0.25) is 0 Å². The highest BCUT2D eigenvalue weighted by Gasteiger charge is 2.13. The smallest absolute Gasteiger partial charge is 0.411 e. The SMILES string of the molecule is C=CCOC(=O)Nc1ccsc1C(=O)O. The Labute approximate surface area is 90.0 Å². The van der Waals surface area contributed by atoms with Crippen molar-refractivity contribution in [3.8, 4) is 0 Å². The molecule has 1 aromatic rings. The molecule has 0 saturated heterocycles. The van der Waals surface area contributed by atoms with E-state index < -0.39 is 12.1 Å². The van der Waals surface area contributed by atoms with Crippen LogP contribution >= 0.6 is 11.3 Å². The molecule has 5 nitrogen and oxygen atoms in total. The van der Waals surface area contributed by atoms with Gasteiger partial charge in [-0.2, -0.15) is 0 Å². The predicted octanol–water partition coefficient (Wildman–Crippen LogP) is 2.18. The predicted molar refractivity (Wildman–Crippen MR) is 56.4 cm³/mol. The van der Waals surface area contributed by atoms with E-state index in [0.717, 1.165) is 11.3 Å². The first-order valence-corrected chi connectivity index (χ1v) is 4.88. The second-order valence-electron chi connectivity index (χ2n) is 2.48. The van der Waals surface area contributed by atoms with Gasteiger partial charge in [0.25, 0.3) is 0 Å². The van der Waals surface area contributed by atoms with Gasteiger partial charge in [-0.05, 0) is 11.4 Å². The largest absolute Gasteiger partial charge is 0.477 e. The maximum Gasteiger partial charge on any atom is 0.411 e. The van der Waals surface area contributed by atoms with E-state index in [1.807, 2.05) is 0 Å². The summed E-state index contributed by atoms with van der Waals surface area (Å²) >= 11 is 1.03. The zero-order chi connectivity index (χ0) is 11.3. The highest BCUT2D eigenvalue weighted by molar-refractivity contribution is 7.12. The molecule has 0 atom stereocenters. The van der Waals surface area contributed by atoms with Crippen LogP contribution in [-0.2, 0) is 4.74 Å². The van der Waals surface area contributed by atoms with E-state index in [1.54, 1.807) is 5.38 Å². The number of rotatable bonds is 4. The summed E-state index contributed by atoms with van der Waals surface area (Å²) in [6.07, 6.45) is 0.724. The molecule has 0 aliphatic heterocycles. The Morgan fingerprint density at radius 1 is 1.67 bits per heavy atom. The van der Waals surface area contributed by atoms with E-state index in [9.17, 15) is 9.59 Å². The number of nitrogens with one attached hydrogen (secondary N) is 1. The Hall–Kier alpha value is -1.82. The first kappa shape index (κ1) is 11.3. The maximum absolute atomic E-state index is 11.1. The summed E-state index contributed by atoms with van der Waals surface area (Å²) in [6, 6.07) is 1.50.